The van der Waals surface area contributed by atoms with Crippen LogP contribution in [0, 0.1) is 10.1 Å². The largest absolute Gasteiger partial charge is 0.454 e. The zero-order valence-corrected chi connectivity index (χ0v) is 16.2. The molecular formula is C20H17N5O6. The predicted octanol–water partition coefficient (Wildman–Crippen LogP) is 3.07. The van der Waals surface area contributed by atoms with Crippen molar-refractivity contribution in [2.75, 3.05) is 24.2 Å². The molecule has 0 radical (unpaired) electrons. The van der Waals surface area contributed by atoms with Crippen LogP contribution in [-0.2, 0) is 13.1 Å². The molecule has 0 amide bonds. The standard InChI is InChI=1S/C20H17N5O6/c26-25(27)18-19(21-7-12-1-3-14-16(5-12)30-10-28-14)23-9-24-20(18)22-8-13-2-4-15-17(6-13)31-11-29-15/h1-6,9H,7-8,10-11H2,(H2,21,22,23,24). The first-order chi connectivity index (χ1) is 15.2. The van der Waals surface area contributed by atoms with Crippen LogP contribution in [0.15, 0.2) is 42.7 Å². The van der Waals surface area contributed by atoms with E-state index in [1.807, 2.05) is 24.3 Å². The molecule has 0 atom stereocenters. The first kappa shape index (κ1) is 18.7. The van der Waals surface area contributed by atoms with Crippen molar-refractivity contribution in [2.24, 2.45) is 0 Å². The van der Waals surface area contributed by atoms with Crippen LogP contribution in [0.4, 0.5) is 17.3 Å². The number of ether oxygens (including phenoxy) is 4. The number of anilines is 2. The van der Waals surface area contributed by atoms with E-state index in [9.17, 15) is 10.1 Å². The normalized spacial score (nSPS) is 13.2. The van der Waals surface area contributed by atoms with Gasteiger partial charge in [0, 0.05) is 13.1 Å². The number of aromatic nitrogens is 2. The minimum atomic E-state index is -0.510. The number of nitrogens with zero attached hydrogens (tertiary/aromatic N) is 3. The van der Waals surface area contributed by atoms with Gasteiger partial charge in [0.1, 0.15) is 6.33 Å². The fourth-order valence-electron chi connectivity index (χ4n) is 3.28. The van der Waals surface area contributed by atoms with E-state index >= 15 is 0 Å². The molecule has 0 aliphatic carbocycles. The Balaban J connectivity index is 1.32. The van der Waals surface area contributed by atoms with Gasteiger partial charge < -0.3 is 29.6 Å². The molecule has 0 bridgehead atoms. The van der Waals surface area contributed by atoms with Crippen molar-refractivity contribution in [1.29, 1.82) is 0 Å². The Morgan fingerprint density at radius 2 is 1.29 bits per heavy atom. The van der Waals surface area contributed by atoms with Gasteiger partial charge in [-0.3, -0.25) is 10.1 Å². The summed E-state index contributed by atoms with van der Waals surface area (Å²) in [6.07, 6.45) is 1.27. The highest BCUT2D eigenvalue weighted by Crippen LogP contribution is 2.35. The zero-order valence-electron chi connectivity index (χ0n) is 16.2. The van der Waals surface area contributed by atoms with Crippen molar-refractivity contribution in [3.63, 3.8) is 0 Å². The second kappa shape index (κ2) is 7.86. The van der Waals surface area contributed by atoms with Gasteiger partial charge in [-0.2, -0.15) is 0 Å². The smallest absolute Gasteiger partial charge is 0.353 e. The summed E-state index contributed by atoms with van der Waals surface area (Å²) in [4.78, 5) is 19.3. The highest BCUT2D eigenvalue weighted by atomic mass is 16.7. The number of hydrogen-bond donors (Lipinski definition) is 2. The summed E-state index contributed by atoms with van der Waals surface area (Å²) in [7, 11) is 0. The van der Waals surface area contributed by atoms with E-state index in [0.717, 1.165) is 11.1 Å². The molecule has 0 saturated carbocycles. The predicted molar refractivity (Wildman–Crippen MR) is 108 cm³/mol. The molecule has 2 N–H and O–H groups in total. The van der Waals surface area contributed by atoms with Gasteiger partial charge in [-0.1, -0.05) is 12.1 Å². The number of fused-ring (bicyclic) bond motifs is 2. The lowest BCUT2D eigenvalue weighted by Crippen LogP contribution is -2.10. The summed E-state index contributed by atoms with van der Waals surface area (Å²) in [6.45, 7) is 0.996. The number of nitro groups is 1. The lowest BCUT2D eigenvalue weighted by Gasteiger charge is -2.11. The third-order valence-electron chi connectivity index (χ3n) is 4.80. The molecule has 3 heterocycles. The van der Waals surface area contributed by atoms with E-state index in [4.69, 9.17) is 18.9 Å². The van der Waals surface area contributed by atoms with Crippen molar-refractivity contribution < 1.29 is 23.9 Å². The molecule has 2 aliphatic rings. The number of rotatable bonds is 7. The third kappa shape index (κ3) is 3.80. The molecule has 3 aromatic rings. The maximum atomic E-state index is 11.7. The topological polar surface area (TPSA) is 130 Å². The molecular weight excluding hydrogens is 406 g/mol. The van der Waals surface area contributed by atoms with Gasteiger partial charge in [-0.05, 0) is 35.4 Å². The highest BCUT2D eigenvalue weighted by Gasteiger charge is 2.23. The monoisotopic (exact) mass is 423 g/mol. The number of benzene rings is 2. The summed E-state index contributed by atoms with van der Waals surface area (Å²) in [5.74, 6) is 2.86. The molecule has 11 nitrogen and oxygen atoms in total. The molecule has 2 aromatic carbocycles. The van der Waals surface area contributed by atoms with Gasteiger partial charge in [-0.25, -0.2) is 9.97 Å². The van der Waals surface area contributed by atoms with Crippen molar-refractivity contribution >= 4 is 17.3 Å². The van der Waals surface area contributed by atoms with Crippen LogP contribution in [0.25, 0.3) is 0 Å². The van der Waals surface area contributed by atoms with Crippen LogP contribution in [0.2, 0.25) is 0 Å². The average Bonchev–Trinajstić information content (AvgIpc) is 3.44. The lowest BCUT2D eigenvalue weighted by molar-refractivity contribution is -0.383. The van der Waals surface area contributed by atoms with E-state index in [1.165, 1.54) is 6.33 Å². The van der Waals surface area contributed by atoms with Gasteiger partial charge in [0.05, 0.1) is 4.92 Å². The van der Waals surface area contributed by atoms with E-state index in [2.05, 4.69) is 20.6 Å². The van der Waals surface area contributed by atoms with Crippen LogP contribution in [-0.4, -0.2) is 28.5 Å². The molecule has 31 heavy (non-hydrogen) atoms. The van der Waals surface area contributed by atoms with Gasteiger partial charge in [0.25, 0.3) is 0 Å². The summed E-state index contributed by atoms with van der Waals surface area (Å²) in [5.41, 5.74) is 1.50. The summed E-state index contributed by atoms with van der Waals surface area (Å²) in [6, 6.07) is 10.9. The average molecular weight is 423 g/mol. The second-order valence-electron chi connectivity index (χ2n) is 6.76. The SMILES string of the molecule is O=[N+]([O-])c1c(NCc2ccc3c(c2)OCO3)ncnc1NCc1ccc2c(c1)OCO2. The van der Waals surface area contributed by atoms with Crippen LogP contribution >= 0.6 is 0 Å². The van der Waals surface area contributed by atoms with E-state index < -0.39 is 4.92 Å². The quantitative estimate of drug-likeness (QED) is 0.432. The van der Waals surface area contributed by atoms with Crippen LogP contribution in [0.3, 0.4) is 0 Å². The fourth-order valence-corrected chi connectivity index (χ4v) is 3.28. The second-order valence-corrected chi connectivity index (χ2v) is 6.76. The van der Waals surface area contributed by atoms with Crippen LogP contribution < -0.4 is 29.6 Å². The van der Waals surface area contributed by atoms with Gasteiger partial charge in [0.15, 0.2) is 23.0 Å². The van der Waals surface area contributed by atoms with Gasteiger partial charge >= 0.3 is 5.69 Å². The summed E-state index contributed by atoms with van der Waals surface area (Å²) >= 11 is 0. The van der Waals surface area contributed by atoms with E-state index in [1.54, 1.807) is 12.1 Å². The maximum absolute atomic E-state index is 11.7. The Bertz CT molecular complexity index is 1080. The first-order valence-electron chi connectivity index (χ1n) is 9.41. The van der Waals surface area contributed by atoms with Gasteiger partial charge in [-0.15, -0.1) is 0 Å². The molecule has 11 heteroatoms. The van der Waals surface area contributed by atoms with Crippen molar-refractivity contribution in [3.8, 4) is 23.0 Å². The Morgan fingerprint density at radius 1 is 0.806 bits per heavy atom. The van der Waals surface area contributed by atoms with E-state index in [-0.39, 0.29) is 30.9 Å². The molecule has 0 unspecified atom stereocenters. The molecule has 5 rings (SSSR count). The van der Waals surface area contributed by atoms with Crippen LogP contribution in [0.1, 0.15) is 11.1 Å². The summed E-state index contributed by atoms with van der Waals surface area (Å²) < 4.78 is 21.3. The molecule has 0 spiro atoms. The molecule has 0 fully saturated rings. The Morgan fingerprint density at radius 3 is 1.77 bits per heavy atom. The maximum Gasteiger partial charge on any atom is 0.353 e. The van der Waals surface area contributed by atoms with Crippen LogP contribution in [0.5, 0.6) is 23.0 Å². The molecule has 1 aromatic heterocycles. The number of nitrogens with one attached hydrogen (secondary N) is 2. The highest BCUT2D eigenvalue weighted by molar-refractivity contribution is 5.69. The Kier molecular flexibility index (Phi) is 4.75. The van der Waals surface area contributed by atoms with Gasteiger partial charge in [0.2, 0.25) is 25.2 Å². The first-order valence-corrected chi connectivity index (χ1v) is 9.41. The molecule has 2 aliphatic heterocycles. The van der Waals surface area contributed by atoms with E-state index in [0.29, 0.717) is 36.1 Å². The number of hydrogen-bond acceptors (Lipinski definition) is 10. The minimum Gasteiger partial charge on any atom is -0.454 e. The fraction of sp³-hybridized carbons (Fsp3) is 0.200. The Hall–Kier alpha value is -4.28. The molecule has 158 valence electrons. The minimum absolute atomic E-state index is 0.117. The lowest BCUT2D eigenvalue weighted by atomic mass is 10.2. The molecule has 0 saturated heterocycles. The van der Waals surface area contributed by atoms with Crippen molar-refractivity contribution in [1.82, 2.24) is 9.97 Å². The van der Waals surface area contributed by atoms with Crippen molar-refractivity contribution in [3.05, 3.63) is 64.0 Å². The zero-order chi connectivity index (χ0) is 21.2. The third-order valence-corrected chi connectivity index (χ3v) is 4.80. The van der Waals surface area contributed by atoms with Crippen molar-refractivity contribution in [2.45, 2.75) is 13.1 Å². The summed E-state index contributed by atoms with van der Waals surface area (Å²) in [5, 5.41) is 17.8. The Labute approximate surface area is 176 Å².